The van der Waals surface area contributed by atoms with Crippen molar-refractivity contribution in [3.63, 3.8) is 0 Å². The summed E-state index contributed by atoms with van der Waals surface area (Å²) in [6.07, 6.45) is 0. The molecule has 1 aromatic rings. The van der Waals surface area contributed by atoms with Gasteiger partial charge in [0.05, 0.1) is 0 Å². The minimum Gasteiger partial charge on any atom is -0.484 e. The smallest absolute Gasteiger partial charge is 0.276 e. The first kappa shape index (κ1) is 12.3. The van der Waals surface area contributed by atoms with Gasteiger partial charge < -0.3 is 10.5 Å². The number of rotatable bonds is 3. The van der Waals surface area contributed by atoms with E-state index in [1.165, 1.54) is 0 Å². The third kappa shape index (κ3) is 4.61. The molecule has 1 amide bonds. The van der Waals surface area contributed by atoms with Crippen LogP contribution in [-0.4, -0.2) is 17.6 Å². The first-order valence-corrected chi connectivity index (χ1v) is 5.02. The Bertz CT molecular complexity index is 395. The van der Waals surface area contributed by atoms with E-state index in [-0.39, 0.29) is 17.6 Å². The molecule has 0 saturated heterocycles. The Kier molecular flexibility index (Phi) is 4.53. The van der Waals surface area contributed by atoms with Crippen molar-refractivity contribution in [3.05, 3.63) is 29.8 Å². The van der Waals surface area contributed by atoms with Crippen LogP contribution in [-0.2, 0) is 4.79 Å². The standard InChI is InChI=1S/C10H13N3O2S/c1-7-3-2-4-8(5-7)15-6-9(14)12-13-10(11)16/h2-5H,6H2,1H3,(H,12,14)(H3,11,13,16). The van der Waals surface area contributed by atoms with Gasteiger partial charge in [-0.25, -0.2) is 0 Å². The zero-order valence-electron chi connectivity index (χ0n) is 8.82. The summed E-state index contributed by atoms with van der Waals surface area (Å²) in [4.78, 5) is 11.2. The Balaban J connectivity index is 2.34. The van der Waals surface area contributed by atoms with E-state index in [0.29, 0.717) is 5.75 Å². The number of amides is 1. The van der Waals surface area contributed by atoms with Crippen LogP contribution in [0.2, 0.25) is 0 Å². The van der Waals surface area contributed by atoms with E-state index in [1.807, 2.05) is 25.1 Å². The fraction of sp³-hybridized carbons (Fsp3) is 0.200. The van der Waals surface area contributed by atoms with Gasteiger partial charge in [0.25, 0.3) is 5.91 Å². The maximum atomic E-state index is 11.2. The van der Waals surface area contributed by atoms with E-state index in [0.717, 1.165) is 5.56 Å². The Morgan fingerprint density at radius 1 is 1.50 bits per heavy atom. The van der Waals surface area contributed by atoms with Crippen LogP contribution < -0.4 is 21.3 Å². The molecule has 1 aromatic carbocycles. The SMILES string of the molecule is Cc1cccc(OCC(=O)NNC(N)=S)c1. The molecule has 0 bridgehead atoms. The summed E-state index contributed by atoms with van der Waals surface area (Å²) in [7, 11) is 0. The lowest BCUT2D eigenvalue weighted by molar-refractivity contribution is -0.123. The second kappa shape index (κ2) is 5.92. The molecular formula is C10H13N3O2S. The first-order valence-electron chi connectivity index (χ1n) is 4.61. The molecule has 6 heteroatoms. The van der Waals surface area contributed by atoms with Crippen molar-refractivity contribution in [3.8, 4) is 5.75 Å². The number of carbonyl (C=O) groups excluding carboxylic acids is 1. The van der Waals surface area contributed by atoms with Crippen LogP contribution in [0, 0.1) is 6.92 Å². The molecule has 16 heavy (non-hydrogen) atoms. The molecule has 0 saturated carbocycles. The number of aryl methyl sites for hydroxylation is 1. The van der Waals surface area contributed by atoms with Gasteiger partial charge in [-0.1, -0.05) is 12.1 Å². The first-order chi connectivity index (χ1) is 7.58. The lowest BCUT2D eigenvalue weighted by atomic mass is 10.2. The van der Waals surface area contributed by atoms with Gasteiger partial charge in [0, 0.05) is 0 Å². The molecule has 0 aliphatic carbocycles. The molecule has 1 rings (SSSR count). The summed E-state index contributed by atoms with van der Waals surface area (Å²) in [6, 6.07) is 7.42. The summed E-state index contributed by atoms with van der Waals surface area (Å²) in [5.41, 5.74) is 10.8. The van der Waals surface area contributed by atoms with Crippen LogP contribution in [0.25, 0.3) is 0 Å². The molecule has 0 aliphatic heterocycles. The van der Waals surface area contributed by atoms with Gasteiger partial charge in [-0.15, -0.1) is 0 Å². The Morgan fingerprint density at radius 3 is 2.88 bits per heavy atom. The van der Waals surface area contributed by atoms with Crippen molar-refractivity contribution in [2.75, 3.05) is 6.61 Å². The number of benzene rings is 1. The van der Waals surface area contributed by atoms with Gasteiger partial charge in [0.15, 0.2) is 11.7 Å². The third-order valence-electron chi connectivity index (χ3n) is 1.68. The van der Waals surface area contributed by atoms with Gasteiger partial charge in [-0.3, -0.25) is 15.6 Å². The highest BCUT2D eigenvalue weighted by Gasteiger charge is 2.02. The number of hydrogen-bond donors (Lipinski definition) is 3. The van der Waals surface area contributed by atoms with Crippen molar-refractivity contribution >= 4 is 23.2 Å². The molecule has 0 heterocycles. The van der Waals surface area contributed by atoms with Crippen LogP contribution >= 0.6 is 12.2 Å². The van der Waals surface area contributed by atoms with Crippen LogP contribution in [0.3, 0.4) is 0 Å². The zero-order chi connectivity index (χ0) is 12.0. The topological polar surface area (TPSA) is 76.4 Å². The Labute approximate surface area is 98.9 Å². The van der Waals surface area contributed by atoms with E-state index >= 15 is 0 Å². The number of hydrazine groups is 1. The summed E-state index contributed by atoms with van der Waals surface area (Å²) >= 11 is 4.52. The molecule has 86 valence electrons. The molecule has 0 aliphatic rings. The highest BCUT2D eigenvalue weighted by Crippen LogP contribution is 2.11. The van der Waals surface area contributed by atoms with Crippen molar-refractivity contribution in [1.29, 1.82) is 0 Å². The highest BCUT2D eigenvalue weighted by atomic mass is 32.1. The van der Waals surface area contributed by atoms with E-state index in [2.05, 4.69) is 23.1 Å². The normalized spacial score (nSPS) is 9.31. The predicted molar refractivity (Wildman–Crippen MR) is 64.7 cm³/mol. The van der Waals surface area contributed by atoms with Crippen molar-refractivity contribution in [2.24, 2.45) is 5.73 Å². The van der Waals surface area contributed by atoms with Gasteiger partial charge in [-0.2, -0.15) is 0 Å². The van der Waals surface area contributed by atoms with Gasteiger partial charge >= 0.3 is 0 Å². The lowest BCUT2D eigenvalue weighted by Gasteiger charge is -2.08. The van der Waals surface area contributed by atoms with Crippen molar-refractivity contribution < 1.29 is 9.53 Å². The van der Waals surface area contributed by atoms with Crippen molar-refractivity contribution in [2.45, 2.75) is 6.92 Å². The molecule has 0 fully saturated rings. The molecule has 0 radical (unpaired) electrons. The van der Waals surface area contributed by atoms with E-state index < -0.39 is 0 Å². The van der Waals surface area contributed by atoms with Crippen LogP contribution in [0.4, 0.5) is 0 Å². The molecular weight excluding hydrogens is 226 g/mol. The fourth-order valence-electron chi connectivity index (χ4n) is 1.02. The Hall–Kier alpha value is -1.82. The number of nitrogens with one attached hydrogen (secondary N) is 2. The Morgan fingerprint density at radius 2 is 2.25 bits per heavy atom. The number of nitrogens with two attached hydrogens (primary N) is 1. The molecule has 5 nitrogen and oxygen atoms in total. The van der Waals surface area contributed by atoms with E-state index in [4.69, 9.17) is 10.5 Å². The molecule has 0 atom stereocenters. The van der Waals surface area contributed by atoms with Crippen LogP contribution in [0.15, 0.2) is 24.3 Å². The minimum absolute atomic E-state index is 0.00362. The monoisotopic (exact) mass is 239 g/mol. The average Bonchev–Trinajstić information content (AvgIpc) is 2.23. The summed E-state index contributed by atoms with van der Waals surface area (Å²) in [6.45, 7) is 1.85. The number of ether oxygens (including phenoxy) is 1. The highest BCUT2D eigenvalue weighted by molar-refractivity contribution is 7.80. The molecule has 4 N–H and O–H groups in total. The largest absolute Gasteiger partial charge is 0.484 e. The average molecular weight is 239 g/mol. The summed E-state index contributed by atoms with van der Waals surface area (Å²) < 4.78 is 5.24. The zero-order valence-corrected chi connectivity index (χ0v) is 9.64. The third-order valence-corrected chi connectivity index (χ3v) is 1.79. The number of thiocarbonyl (C=S) groups is 1. The second-order valence-corrected chi connectivity index (χ2v) is 3.58. The minimum atomic E-state index is -0.352. The lowest BCUT2D eigenvalue weighted by Crippen LogP contribution is -2.46. The predicted octanol–water partition coefficient (Wildman–Crippen LogP) is 0.238. The van der Waals surface area contributed by atoms with Gasteiger partial charge in [-0.05, 0) is 36.8 Å². The van der Waals surface area contributed by atoms with E-state index in [1.54, 1.807) is 6.07 Å². The van der Waals surface area contributed by atoms with Crippen LogP contribution in [0.1, 0.15) is 5.56 Å². The van der Waals surface area contributed by atoms with E-state index in [9.17, 15) is 4.79 Å². The number of hydrogen-bond acceptors (Lipinski definition) is 3. The number of carbonyl (C=O) groups is 1. The summed E-state index contributed by atoms with van der Waals surface area (Å²) in [5, 5.41) is 0.00362. The molecule has 0 unspecified atom stereocenters. The maximum Gasteiger partial charge on any atom is 0.276 e. The van der Waals surface area contributed by atoms with Crippen molar-refractivity contribution in [1.82, 2.24) is 10.9 Å². The molecule has 0 spiro atoms. The molecule has 0 aromatic heterocycles. The summed E-state index contributed by atoms with van der Waals surface area (Å²) in [5.74, 6) is 0.291. The van der Waals surface area contributed by atoms with Crippen LogP contribution in [0.5, 0.6) is 5.75 Å². The maximum absolute atomic E-state index is 11.2. The van der Waals surface area contributed by atoms with Gasteiger partial charge in [0.2, 0.25) is 0 Å². The second-order valence-electron chi connectivity index (χ2n) is 3.14. The quantitative estimate of drug-likeness (QED) is 0.520. The fourth-order valence-corrected chi connectivity index (χ4v) is 1.07. The van der Waals surface area contributed by atoms with Gasteiger partial charge in [0.1, 0.15) is 5.75 Å².